The summed E-state index contributed by atoms with van der Waals surface area (Å²) in [6.45, 7) is 20.8. The Morgan fingerprint density at radius 1 is 0.923 bits per heavy atom. The van der Waals surface area contributed by atoms with E-state index in [1.807, 2.05) is 91.8 Å². The van der Waals surface area contributed by atoms with E-state index < -0.39 is 23.8 Å². The van der Waals surface area contributed by atoms with E-state index in [0.717, 1.165) is 33.5 Å². The van der Waals surface area contributed by atoms with Gasteiger partial charge in [-0.3, -0.25) is 9.59 Å². The van der Waals surface area contributed by atoms with E-state index in [1.165, 1.54) is 0 Å². The van der Waals surface area contributed by atoms with Crippen molar-refractivity contribution in [2.75, 3.05) is 5.32 Å². The number of anilines is 1. The van der Waals surface area contributed by atoms with Crippen LogP contribution in [0.25, 0.3) is 0 Å². The van der Waals surface area contributed by atoms with Crippen LogP contribution < -0.4 is 10.6 Å². The first-order chi connectivity index (χ1) is 18.1. The minimum atomic E-state index is -0.909. The number of amides is 3. The van der Waals surface area contributed by atoms with Crippen LogP contribution in [0.5, 0.6) is 0 Å². The van der Waals surface area contributed by atoms with E-state index in [0.29, 0.717) is 6.42 Å². The van der Waals surface area contributed by atoms with Crippen molar-refractivity contribution in [3.8, 4) is 0 Å². The van der Waals surface area contributed by atoms with E-state index in [2.05, 4.69) is 10.6 Å². The Balaban J connectivity index is 2.66. The van der Waals surface area contributed by atoms with Crippen molar-refractivity contribution in [2.45, 2.75) is 106 Å². The van der Waals surface area contributed by atoms with Crippen molar-refractivity contribution in [3.63, 3.8) is 0 Å². The Kier molecular flexibility index (Phi) is 10.7. The van der Waals surface area contributed by atoms with Gasteiger partial charge in [-0.05, 0) is 90.0 Å². The molecule has 2 aromatic rings. The highest BCUT2D eigenvalue weighted by Gasteiger charge is 2.40. The summed E-state index contributed by atoms with van der Waals surface area (Å²) in [6, 6.07) is 9.72. The molecule has 0 saturated carbocycles. The minimum Gasteiger partial charge on any atom is -0.444 e. The third kappa shape index (κ3) is 8.32. The number of hydrogen-bond donors (Lipinski definition) is 2. The molecule has 0 fully saturated rings. The molecule has 214 valence electrons. The van der Waals surface area contributed by atoms with Crippen molar-refractivity contribution < 1.29 is 19.1 Å². The SMILES string of the molecule is CCC(C)N(C(=O)C(NC(=O)OC(C)(C)C)C(C)C)C(C(=O)Nc1c(C)cccc1C)c1cc(C)ccc1C. The number of benzene rings is 2. The first-order valence-corrected chi connectivity index (χ1v) is 13.8. The highest BCUT2D eigenvalue weighted by Crippen LogP contribution is 2.32. The van der Waals surface area contributed by atoms with E-state index >= 15 is 0 Å². The fraction of sp³-hybridized carbons (Fsp3) is 0.531. The molecule has 0 heterocycles. The summed E-state index contributed by atoms with van der Waals surface area (Å²) in [6.07, 6.45) is -0.0389. The van der Waals surface area contributed by atoms with Gasteiger partial charge < -0.3 is 20.3 Å². The number of para-hydroxylation sites is 1. The number of rotatable bonds is 9. The molecule has 0 aliphatic carbocycles. The van der Waals surface area contributed by atoms with E-state index in [-0.39, 0.29) is 23.8 Å². The number of aryl methyl sites for hydroxylation is 4. The molecule has 7 heteroatoms. The molecule has 0 bridgehead atoms. The van der Waals surface area contributed by atoms with Gasteiger partial charge in [-0.25, -0.2) is 4.79 Å². The zero-order chi connectivity index (χ0) is 29.7. The molecule has 3 atom stereocenters. The fourth-order valence-corrected chi connectivity index (χ4v) is 4.58. The lowest BCUT2D eigenvalue weighted by Gasteiger charge is -2.39. The zero-order valence-corrected chi connectivity index (χ0v) is 25.6. The largest absolute Gasteiger partial charge is 0.444 e. The van der Waals surface area contributed by atoms with Gasteiger partial charge >= 0.3 is 6.09 Å². The first kappa shape index (κ1) is 31.9. The summed E-state index contributed by atoms with van der Waals surface area (Å²) in [7, 11) is 0. The Labute approximate surface area is 234 Å². The minimum absolute atomic E-state index is 0.238. The van der Waals surface area contributed by atoms with E-state index in [9.17, 15) is 14.4 Å². The van der Waals surface area contributed by atoms with Crippen LogP contribution in [0.4, 0.5) is 10.5 Å². The average Bonchev–Trinajstić information content (AvgIpc) is 2.82. The molecule has 3 amide bonds. The average molecular weight is 538 g/mol. The maximum atomic E-state index is 14.4. The monoisotopic (exact) mass is 537 g/mol. The van der Waals surface area contributed by atoms with Gasteiger partial charge in [-0.1, -0.05) is 62.7 Å². The highest BCUT2D eigenvalue weighted by atomic mass is 16.6. The first-order valence-electron chi connectivity index (χ1n) is 13.8. The molecule has 0 aromatic heterocycles. The van der Waals surface area contributed by atoms with Crippen LogP contribution in [-0.2, 0) is 14.3 Å². The van der Waals surface area contributed by atoms with E-state index in [1.54, 1.807) is 25.7 Å². The van der Waals surface area contributed by atoms with Gasteiger partial charge in [0.15, 0.2) is 0 Å². The van der Waals surface area contributed by atoms with Gasteiger partial charge in [-0.2, -0.15) is 0 Å². The van der Waals surface area contributed by atoms with Crippen molar-refractivity contribution in [1.29, 1.82) is 0 Å². The third-order valence-corrected chi connectivity index (χ3v) is 6.91. The van der Waals surface area contributed by atoms with Crippen LogP contribution in [0.1, 0.15) is 88.7 Å². The van der Waals surface area contributed by atoms with Gasteiger partial charge in [0, 0.05) is 11.7 Å². The standard InChI is InChI=1S/C32H47N3O4/c1-12-24(8)35(30(37)26(19(2)3)34-31(38)39-32(9,10)11)28(25-18-20(4)16-17-21(25)5)29(36)33-27-22(6)14-13-15-23(27)7/h13-19,24,26,28H,12H2,1-11H3,(H,33,36)(H,34,38). The Bertz CT molecular complexity index is 1160. The van der Waals surface area contributed by atoms with Gasteiger partial charge in [0.2, 0.25) is 5.91 Å². The quantitative estimate of drug-likeness (QED) is 0.369. The smallest absolute Gasteiger partial charge is 0.408 e. The second kappa shape index (κ2) is 13.1. The lowest BCUT2D eigenvalue weighted by molar-refractivity contribution is -0.144. The number of carbonyl (C=O) groups excluding carboxylic acids is 3. The molecular formula is C32H47N3O4. The van der Waals surface area contributed by atoms with Gasteiger partial charge in [0.1, 0.15) is 17.7 Å². The topological polar surface area (TPSA) is 87.7 Å². The molecule has 0 saturated heterocycles. The van der Waals surface area contributed by atoms with Crippen LogP contribution >= 0.6 is 0 Å². The van der Waals surface area contributed by atoms with Crippen molar-refractivity contribution >= 4 is 23.6 Å². The van der Waals surface area contributed by atoms with Crippen LogP contribution in [0.15, 0.2) is 36.4 Å². The second-order valence-electron chi connectivity index (χ2n) is 11.9. The van der Waals surface area contributed by atoms with Crippen LogP contribution in [-0.4, -0.2) is 40.5 Å². The Morgan fingerprint density at radius 3 is 2.03 bits per heavy atom. The molecular weight excluding hydrogens is 490 g/mol. The normalized spacial score (nSPS) is 13.8. The van der Waals surface area contributed by atoms with Crippen molar-refractivity contribution in [2.24, 2.45) is 5.92 Å². The molecule has 2 aromatic carbocycles. The third-order valence-electron chi connectivity index (χ3n) is 6.91. The number of carbonyl (C=O) groups is 3. The van der Waals surface area contributed by atoms with E-state index in [4.69, 9.17) is 4.74 Å². The number of ether oxygens (including phenoxy) is 1. The summed E-state index contributed by atoms with van der Waals surface area (Å²) in [4.78, 5) is 43.0. The highest BCUT2D eigenvalue weighted by molar-refractivity contribution is 6.00. The van der Waals surface area contributed by atoms with Crippen molar-refractivity contribution in [1.82, 2.24) is 10.2 Å². The summed E-state index contributed by atoms with van der Waals surface area (Å²) in [5, 5.41) is 5.92. The predicted molar refractivity (Wildman–Crippen MR) is 158 cm³/mol. The van der Waals surface area contributed by atoms with Gasteiger partial charge in [0.05, 0.1) is 0 Å². The number of alkyl carbamates (subject to hydrolysis) is 1. The zero-order valence-electron chi connectivity index (χ0n) is 25.6. The maximum Gasteiger partial charge on any atom is 0.408 e. The van der Waals surface area contributed by atoms with Crippen LogP contribution in [0.3, 0.4) is 0 Å². The van der Waals surface area contributed by atoms with Gasteiger partial charge in [0.25, 0.3) is 5.91 Å². The fourth-order valence-electron chi connectivity index (χ4n) is 4.58. The Morgan fingerprint density at radius 2 is 1.51 bits per heavy atom. The molecule has 3 unspecified atom stereocenters. The summed E-state index contributed by atoms with van der Waals surface area (Å²) >= 11 is 0. The van der Waals surface area contributed by atoms with Crippen LogP contribution in [0.2, 0.25) is 0 Å². The Hall–Kier alpha value is -3.35. The van der Waals surface area contributed by atoms with Crippen molar-refractivity contribution in [3.05, 3.63) is 64.2 Å². The molecule has 0 spiro atoms. The molecule has 2 rings (SSSR count). The molecule has 39 heavy (non-hydrogen) atoms. The summed E-state index contributed by atoms with van der Waals surface area (Å²) < 4.78 is 5.47. The van der Waals surface area contributed by atoms with Crippen LogP contribution in [0, 0.1) is 33.6 Å². The number of nitrogens with zero attached hydrogens (tertiary/aromatic N) is 1. The summed E-state index contributed by atoms with van der Waals surface area (Å²) in [5.41, 5.74) is 4.56. The molecule has 2 N–H and O–H groups in total. The number of nitrogens with one attached hydrogen (secondary N) is 2. The molecule has 0 aliphatic rings. The molecule has 0 aliphatic heterocycles. The lowest BCUT2D eigenvalue weighted by atomic mass is 9.93. The van der Waals surface area contributed by atoms with Gasteiger partial charge in [-0.15, -0.1) is 0 Å². The lowest BCUT2D eigenvalue weighted by Crippen LogP contribution is -2.56. The molecule has 0 radical (unpaired) electrons. The number of hydrogen-bond acceptors (Lipinski definition) is 4. The predicted octanol–water partition coefficient (Wildman–Crippen LogP) is 6.78. The summed E-state index contributed by atoms with van der Waals surface area (Å²) in [5.74, 6) is -0.861. The second-order valence-corrected chi connectivity index (χ2v) is 11.9. The maximum absolute atomic E-state index is 14.4. The molecule has 7 nitrogen and oxygen atoms in total.